The van der Waals surface area contributed by atoms with Crippen LogP contribution in [0.3, 0.4) is 0 Å². The third-order valence-electron chi connectivity index (χ3n) is 2.54. The van der Waals surface area contributed by atoms with Crippen molar-refractivity contribution in [2.45, 2.75) is 20.3 Å². The van der Waals surface area contributed by atoms with Crippen molar-refractivity contribution >= 4 is 27.3 Å². The maximum absolute atomic E-state index is 5.63. The highest BCUT2D eigenvalue weighted by Crippen LogP contribution is 2.27. The molecule has 2 atom stereocenters. The zero-order valence-corrected chi connectivity index (χ0v) is 10.5. The van der Waals surface area contributed by atoms with Crippen LogP contribution in [0.2, 0.25) is 0 Å². The van der Waals surface area contributed by atoms with Gasteiger partial charge in [-0.25, -0.2) is 0 Å². The summed E-state index contributed by atoms with van der Waals surface area (Å²) in [6, 6.07) is 2.11. The van der Waals surface area contributed by atoms with Crippen molar-refractivity contribution in [3.63, 3.8) is 0 Å². The van der Waals surface area contributed by atoms with Crippen LogP contribution in [0, 0.1) is 11.8 Å². The van der Waals surface area contributed by atoms with Crippen molar-refractivity contribution in [3.05, 3.63) is 20.8 Å². The lowest BCUT2D eigenvalue weighted by molar-refractivity contribution is 0.396. The highest BCUT2D eigenvalue weighted by Gasteiger charge is 2.13. The van der Waals surface area contributed by atoms with E-state index in [1.165, 1.54) is 9.35 Å². The minimum Gasteiger partial charge on any atom is -0.330 e. The monoisotopic (exact) mass is 261 g/mol. The summed E-state index contributed by atoms with van der Waals surface area (Å²) in [5, 5.41) is 2.12. The maximum Gasteiger partial charge on any atom is 0.0314 e. The molecule has 74 valence electrons. The standard InChI is InChI=1S/C10H16BrNS/c1-7(8(2)6-12)5-10-9(11)3-4-13-10/h3-4,7-8H,5-6,12H2,1-2H3. The molecular weight excluding hydrogens is 246 g/mol. The SMILES string of the molecule is CC(CN)C(C)Cc1sccc1Br. The van der Waals surface area contributed by atoms with Crippen molar-refractivity contribution in [3.8, 4) is 0 Å². The Balaban J connectivity index is 2.54. The van der Waals surface area contributed by atoms with Crippen LogP contribution in [0.25, 0.3) is 0 Å². The number of nitrogens with two attached hydrogens (primary N) is 1. The molecule has 0 saturated heterocycles. The Labute approximate surface area is 92.5 Å². The van der Waals surface area contributed by atoms with Crippen LogP contribution in [0.5, 0.6) is 0 Å². The van der Waals surface area contributed by atoms with E-state index in [0.29, 0.717) is 11.8 Å². The minimum absolute atomic E-state index is 0.606. The summed E-state index contributed by atoms with van der Waals surface area (Å²) in [6.45, 7) is 5.26. The van der Waals surface area contributed by atoms with Gasteiger partial charge >= 0.3 is 0 Å². The largest absolute Gasteiger partial charge is 0.330 e. The second-order valence-corrected chi connectivity index (χ2v) is 5.44. The Hall–Kier alpha value is 0.140. The van der Waals surface area contributed by atoms with Crippen molar-refractivity contribution in [2.24, 2.45) is 17.6 Å². The average molecular weight is 262 g/mol. The van der Waals surface area contributed by atoms with Gasteiger partial charge in [-0.2, -0.15) is 0 Å². The lowest BCUT2D eigenvalue weighted by atomic mass is 9.92. The fraction of sp³-hybridized carbons (Fsp3) is 0.600. The molecule has 0 spiro atoms. The number of halogens is 1. The third kappa shape index (κ3) is 3.08. The van der Waals surface area contributed by atoms with Crippen molar-refractivity contribution < 1.29 is 0 Å². The lowest BCUT2D eigenvalue weighted by Crippen LogP contribution is -2.19. The Kier molecular flexibility index (Phi) is 4.42. The first-order valence-electron chi connectivity index (χ1n) is 4.57. The molecule has 0 aromatic carbocycles. The molecule has 0 radical (unpaired) electrons. The van der Waals surface area contributed by atoms with Gasteiger partial charge in [0.2, 0.25) is 0 Å². The molecule has 2 N–H and O–H groups in total. The summed E-state index contributed by atoms with van der Waals surface area (Å²) in [4.78, 5) is 1.44. The van der Waals surface area contributed by atoms with Gasteiger partial charge in [0.15, 0.2) is 0 Å². The summed E-state index contributed by atoms with van der Waals surface area (Å²) in [5.74, 6) is 1.27. The zero-order valence-electron chi connectivity index (χ0n) is 8.09. The number of hydrogen-bond acceptors (Lipinski definition) is 2. The highest BCUT2D eigenvalue weighted by molar-refractivity contribution is 9.10. The van der Waals surface area contributed by atoms with Crippen LogP contribution in [-0.4, -0.2) is 6.54 Å². The highest BCUT2D eigenvalue weighted by atomic mass is 79.9. The fourth-order valence-electron chi connectivity index (χ4n) is 1.20. The number of hydrogen-bond donors (Lipinski definition) is 1. The molecule has 2 unspecified atom stereocenters. The fourth-order valence-corrected chi connectivity index (χ4v) is 2.85. The van der Waals surface area contributed by atoms with Gasteiger partial charge in [0.1, 0.15) is 0 Å². The van der Waals surface area contributed by atoms with Gasteiger partial charge < -0.3 is 5.73 Å². The van der Waals surface area contributed by atoms with Crippen LogP contribution in [0.4, 0.5) is 0 Å². The van der Waals surface area contributed by atoms with E-state index in [2.05, 4.69) is 41.2 Å². The number of thiophene rings is 1. The maximum atomic E-state index is 5.63. The summed E-state index contributed by atoms with van der Waals surface area (Å²) < 4.78 is 1.24. The molecule has 0 aliphatic rings. The quantitative estimate of drug-likeness (QED) is 0.885. The molecule has 0 bridgehead atoms. The van der Waals surface area contributed by atoms with Crippen LogP contribution in [0.1, 0.15) is 18.7 Å². The second-order valence-electron chi connectivity index (χ2n) is 3.59. The Morgan fingerprint density at radius 3 is 2.62 bits per heavy atom. The van der Waals surface area contributed by atoms with Crippen LogP contribution in [0.15, 0.2) is 15.9 Å². The van der Waals surface area contributed by atoms with E-state index in [1.807, 2.05) is 11.3 Å². The Morgan fingerprint density at radius 2 is 2.15 bits per heavy atom. The molecule has 0 aliphatic heterocycles. The Bertz CT molecular complexity index is 259. The normalized spacial score (nSPS) is 15.7. The van der Waals surface area contributed by atoms with E-state index in [0.717, 1.165) is 13.0 Å². The molecule has 1 rings (SSSR count). The van der Waals surface area contributed by atoms with E-state index in [9.17, 15) is 0 Å². The second kappa shape index (κ2) is 5.13. The lowest BCUT2D eigenvalue weighted by Gasteiger charge is -2.17. The van der Waals surface area contributed by atoms with Gasteiger partial charge in [-0.15, -0.1) is 11.3 Å². The van der Waals surface area contributed by atoms with Gasteiger partial charge in [-0.3, -0.25) is 0 Å². The molecule has 3 heteroatoms. The van der Waals surface area contributed by atoms with Crippen LogP contribution in [-0.2, 0) is 6.42 Å². The third-order valence-corrected chi connectivity index (χ3v) is 4.49. The van der Waals surface area contributed by atoms with Gasteiger partial charge in [-0.1, -0.05) is 13.8 Å². The van der Waals surface area contributed by atoms with Crippen molar-refractivity contribution in [2.75, 3.05) is 6.54 Å². The zero-order chi connectivity index (χ0) is 9.84. The van der Waals surface area contributed by atoms with Gasteiger partial charge in [-0.05, 0) is 52.2 Å². The van der Waals surface area contributed by atoms with Crippen LogP contribution >= 0.6 is 27.3 Å². The smallest absolute Gasteiger partial charge is 0.0314 e. The van der Waals surface area contributed by atoms with E-state index >= 15 is 0 Å². The Morgan fingerprint density at radius 1 is 1.46 bits per heavy atom. The molecule has 1 aromatic heterocycles. The minimum atomic E-state index is 0.606. The summed E-state index contributed by atoms with van der Waals surface area (Å²) in [7, 11) is 0. The molecule has 13 heavy (non-hydrogen) atoms. The molecular formula is C10H16BrNS. The van der Waals surface area contributed by atoms with Gasteiger partial charge in [0.25, 0.3) is 0 Å². The predicted molar refractivity (Wildman–Crippen MR) is 63.1 cm³/mol. The van der Waals surface area contributed by atoms with E-state index < -0.39 is 0 Å². The van der Waals surface area contributed by atoms with Crippen molar-refractivity contribution in [1.82, 2.24) is 0 Å². The number of rotatable bonds is 4. The molecule has 0 fully saturated rings. The topological polar surface area (TPSA) is 26.0 Å². The van der Waals surface area contributed by atoms with Crippen LogP contribution < -0.4 is 5.73 Å². The molecule has 0 amide bonds. The molecule has 0 aliphatic carbocycles. The summed E-state index contributed by atoms with van der Waals surface area (Å²) in [5.41, 5.74) is 5.63. The molecule has 1 aromatic rings. The van der Waals surface area contributed by atoms with E-state index in [1.54, 1.807) is 0 Å². The van der Waals surface area contributed by atoms with E-state index in [-0.39, 0.29) is 0 Å². The molecule has 1 heterocycles. The first kappa shape index (κ1) is 11.2. The van der Waals surface area contributed by atoms with E-state index in [4.69, 9.17) is 5.73 Å². The summed E-state index contributed by atoms with van der Waals surface area (Å²) in [6.07, 6.45) is 1.14. The molecule has 0 saturated carbocycles. The first-order chi connectivity index (χ1) is 6.15. The van der Waals surface area contributed by atoms with Crippen molar-refractivity contribution in [1.29, 1.82) is 0 Å². The first-order valence-corrected chi connectivity index (χ1v) is 6.24. The predicted octanol–water partition coefficient (Wildman–Crippen LogP) is 3.28. The van der Waals surface area contributed by atoms with Gasteiger partial charge in [0.05, 0.1) is 0 Å². The summed E-state index contributed by atoms with van der Waals surface area (Å²) >= 11 is 5.36. The average Bonchev–Trinajstić information content (AvgIpc) is 2.50. The molecule has 1 nitrogen and oxygen atoms in total. The van der Waals surface area contributed by atoms with Gasteiger partial charge in [0, 0.05) is 9.35 Å².